The molecule has 6 heteroatoms. The smallest absolute Gasteiger partial charge is 0.238 e. The summed E-state index contributed by atoms with van der Waals surface area (Å²) in [6, 6.07) is 14.3. The van der Waals surface area contributed by atoms with Crippen LogP contribution in [-0.4, -0.2) is 37.0 Å². The summed E-state index contributed by atoms with van der Waals surface area (Å²) in [5, 5.41) is 6.26. The lowest BCUT2D eigenvalue weighted by Gasteiger charge is -2.36. The van der Waals surface area contributed by atoms with Gasteiger partial charge in [0.2, 0.25) is 5.91 Å². The summed E-state index contributed by atoms with van der Waals surface area (Å²) in [4.78, 5) is 14.5. The van der Waals surface area contributed by atoms with E-state index in [9.17, 15) is 9.18 Å². The van der Waals surface area contributed by atoms with E-state index in [1.165, 1.54) is 6.07 Å². The first-order valence-electron chi connectivity index (χ1n) is 8.18. The third-order valence-electron chi connectivity index (χ3n) is 4.24. The fourth-order valence-electron chi connectivity index (χ4n) is 3.09. The van der Waals surface area contributed by atoms with Gasteiger partial charge in [0.1, 0.15) is 5.82 Å². The van der Waals surface area contributed by atoms with Crippen molar-refractivity contribution in [2.24, 2.45) is 0 Å². The van der Waals surface area contributed by atoms with Crippen LogP contribution in [0.15, 0.2) is 48.5 Å². The van der Waals surface area contributed by atoms with Crippen LogP contribution in [0.1, 0.15) is 17.2 Å². The zero-order chi connectivity index (χ0) is 16.9. The van der Waals surface area contributed by atoms with Crippen LogP contribution in [0.4, 0.5) is 10.1 Å². The maximum Gasteiger partial charge on any atom is 0.238 e. The van der Waals surface area contributed by atoms with E-state index in [0.29, 0.717) is 6.54 Å². The number of piperazine rings is 1. The second kappa shape index (κ2) is 8.94. The molecule has 1 saturated heterocycles. The van der Waals surface area contributed by atoms with E-state index in [4.69, 9.17) is 0 Å². The van der Waals surface area contributed by atoms with Crippen molar-refractivity contribution in [2.45, 2.75) is 13.0 Å². The largest absolute Gasteiger partial charge is 0.325 e. The summed E-state index contributed by atoms with van der Waals surface area (Å²) < 4.78 is 13.5. The lowest BCUT2D eigenvalue weighted by atomic mass is 10.0. The van der Waals surface area contributed by atoms with Crippen molar-refractivity contribution in [2.75, 3.05) is 31.5 Å². The Morgan fingerprint density at radius 1 is 1.28 bits per heavy atom. The molecule has 2 N–H and O–H groups in total. The van der Waals surface area contributed by atoms with E-state index < -0.39 is 0 Å². The third kappa shape index (κ3) is 5.26. The van der Waals surface area contributed by atoms with Crippen LogP contribution in [0.25, 0.3) is 0 Å². The number of benzene rings is 2. The summed E-state index contributed by atoms with van der Waals surface area (Å²) >= 11 is 0. The molecule has 134 valence electrons. The lowest BCUT2D eigenvalue weighted by Crippen LogP contribution is -2.48. The molecule has 1 unspecified atom stereocenters. The fourth-order valence-corrected chi connectivity index (χ4v) is 3.09. The first-order valence-corrected chi connectivity index (χ1v) is 8.18. The van der Waals surface area contributed by atoms with Gasteiger partial charge in [-0.3, -0.25) is 9.69 Å². The second-order valence-corrected chi connectivity index (χ2v) is 6.16. The van der Waals surface area contributed by atoms with E-state index in [1.54, 1.807) is 12.1 Å². The Bertz CT molecular complexity index is 725. The van der Waals surface area contributed by atoms with Crippen LogP contribution >= 0.6 is 12.4 Å². The Balaban J connectivity index is 0.00000225. The van der Waals surface area contributed by atoms with Gasteiger partial charge >= 0.3 is 0 Å². The average molecular weight is 364 g/mol. The van der Waals surface area contributed by atoms with Gasteiger partial charge in [-0.05, 0) is 42.3 Å². The van der Waals surface area contributed by atoms with Crippen LogP contribution in [0, 0.1) is 12.7 Å². The number of amides is 1. The molecular weight excluding hydrogens is 341 g/mol. The molecule has 1 atom stereocenters. The number of carbonyl (C=O) groups excluding carboxylic acids is 1. The van der Waals surface area contributed by atoms with Crippen molar-refractivity contribution in [3.05, 3.63) is 65.5 Å². The highest BCUT2D eigenvalue weighted by molar-refractivity contribution is 5.92. The number of hydrogen-bond acceptors (Lipinski definition) is 3. The van der Waals surface area contributed by atoms with E-state index in [-0.39, 0.29) is 36.7 Å². The number of rotatable bonds is 4. The maximum atomic E-state index is 13.5. The topological polar surface area (TPSA) is 44.4 Å². The Labute approximate surface area is 153 Å². The van der Waals surface area contributed by atoms with Gasteiger partial charge in [-0.25, -0.2) is 4.39 Å². The SMILES string of the molecule is Cc1cccc(NC(=O)CN2CCNCC2c2cccc(F)c2)c1.Cl. The Morgan fingerprint density at radius 3 is 2.84 bits per heavy atom. The second-order valence-electron chi connectivity index (χ2n) is 6.16. The van der Waals surface area contributed by atoms with Gasteiger partial charge in [-0.1, -0.05) is 24.3 Å². The quantitative estimate of drug-likeness (QED) is 0.877. The van der Waals surface area contributed by atoms with Gasteiger partial charge < -0.3 is 10.6 Å². The molecule has 2 aromatic rings. The molecule has 1 aliphatic heterocycles. The van der Waals surface area contributed by atoms with Crippen LogP contribution in [0.5, 0.6) is 0 Å². The van der Waals surface area contributed by atoms with Gasteiger partial charge in [0.05, 0.1) is 6.54 Å². The Kier molecular flexibility index (Phi) is 6.93. The van der Waals surface area contributed by atoms with Gasteiger partial charge in [0.25, 0.3) is 0 Å². The molecular formula is C19H23ClFN3O. The van der Waals surface area contributed by atoms with Crippen LogP contribution < -0.4 is 10.6 Å². The zero-order valence-corrected chi connectivity index (χ0v) is 15.0. The molecule has 3 rings (SSSR count). The van der Waals surface area contributed by atoms with Crippen molar-refractivity contribution in [1.29, 1.82) is 0 Å². The standard InChI is InChI=1S/C19H22FN3O.ClH/c1-14-4-2-7-17(10-14)22-19(24)13-23-9-8-21-12-18(23)15-5-3-6-16(20)11-15;/h2-7,10-11,18,21H,8-9,12-13H2,1H3,(H,22,24);1H. The van der Waals surface area contributed by atoms with E-state index in [2.05, 4.69) is 15.5 Å². The monoisotopic (exact) mass is 363 g/mol. The third-order valence-corrected chi connectivity index (χ3v) is 4.24. The number of hydrogen-bond donors (Lipinski definition) is 2. The highest BCUT2D eigenvalue weighted by Crippen LogP contribution is 2.22. The van der Waals surface area contributed by atoms with Crippen LogP contribution in [0.2, 0.25) is 0 Å². The number of halogens is 2. The van der Waals surface area contributed by atoms with Gasteiger partial charge in [-0.15, -0.1) is 12.4 Å². The predicted molar refractivity (Wildman–Crippen MR) is 101 cm³/mol. The van der Waals surface area contributed by atoms with E-state index >= 15 is 0 Å². The highest BCUT2D eigenvalue weighted by atomic mass is 35.5. The number of carbonyl (C=O) groups is 1. The maximum absolute atomic E-state index is 13.5. The molecule has 1 heterocycles. The van der Waals surface area contributed by atoms with Crippen molar-refractivity contribution >= 4 is 24.0 Å². The van der Waals surface area contributed by atoms with Crippen LogP contribution in [-0.2, 0) is 4.79 Å². The Hall–Kier alpha value is -1.95. The average Bonchev–Trinajstić information content (AvgIpc) is 2.55. The highest BCUT2D eigenvalue weighted by Gasteiger charge is 2.25. The zero-order valence-electron chi connectivity index (χ0n) is 14.2. The fraction of sp³-hybridized carbons (Fsp3) is 0.316. The molecule has 1 fully saturated rings. The number of anilines is 1. The predicted octanol–water partition coefficient (Wildman–Crippen LogP) is 3.14. The van der Waals surface area contributed by atoms with Gasteiger partial charge in [0.15, 0.2) is 0 Å². The van der Waals surface area contributed by atoms with Crippen molar-refractivity contribution in [3.8, 4) is 0 Å². The molecule has 0 bridgehead atoms. The normalized spacial score (nSPS) is 17.6. The first kappa shape index (κ1) is 19.4. The molecule has 1 amide bonds. The van der Waals surface area contributed by atoms with Crippen molar-refractivity contribution in [1.82, 2.24) is 10.2 Å². The summed E-state index contributed by atoms with van der Waals surface area (Å²) in [7, 11) is 0. The number of aryl methyl sites for hydroxylation is 1. The first-order chi connectivity index (χ1) is 11.6. The molecule has 0 spiro atoms. The summed E-state index contributed by atoms with van der Waals surface area (Å²) in [6.07, 6.45) is 0. The van der Waals surface area contributed by atoms with Crippen molar-refractivity contribution in [3.63, 3.8) is 0 Å². The summed E-state index contributed by atoms with van der Waals surface area (Å²) in [5.41, 5.74) is 2.80. The molecule has 0 aromatic heterocycles. The molecule has 1 aliphatic rings. The molecule has 4 nitrogen and oxygen atoms in total. The lowest BCUT2D eigenvalue weighted by molar-refractivity contribution is -0.118. The van der Waals surface area contributed by atoms with E-state index in [0.717, 1.165) is 29.9 Å². The minimum Gasteiger partial charge on any atom is -0.325 e. The molecule has 0 radical (unpaired) electrons. The number of nitrogens with one attached hydrogen (secondary N) is 2. The van der Waals surface area contributed by atoms with E-state index in [1.807, 2.05) is 37.3 Å². The molecule has 0 aliphatic carbocycles. The molecule has 2 aromatic carbocycles. The minimum absolute atomic E-state index is 0. The van der Waals surface area contributed by atoms with Gasteiger partial charge in [0, 0.05) is 31.4 Å². The summed E-state index contributed by atoms with van der Waals surface area (Å²) in [6.45, 7) is 4.57. The molecule has 0 saturated carbocycles. The van der Waals surface area contributed by atoms with Crippen LogP contribution in [0.3, 0.4) is 0 Å². The van der Waals surface area contributed by atoms with Crippen molar-refractivity contribution < 1.29 is 9.18 Å². The van der Waals surface area contributed by atoms with Gasteiger partial charge in [-0.2, -0.15) is 0 Å². The number of nitrogens with zero attached hydrogens (tertiary/aromatic N) is 1. The Morgan fingerprint density at radius 2 is 2.08 bits per heavy atom. The summed E-state index contributed by atoms with van der Waals surface area (Å²) in [5.74, 6) is -0.300. The minimum atomic E-state index is -0.248. The molecule has 25 heavy (non-hydrogen) atoms.